The third-order valence-corrected chi connectivity index (χ3v) is 5.83. The molecule has 2 unspecified atom stereocenters. The van der Waals surface area contributed by atoms with Crippen LogP contribution in [0.1, 0.15) is 45.4 Å². The Bertz CT molecular complexity index is 283. The lowest BCUT2D eigenvalue weighted by molar-refractivity contribution is -0.0904. The fourth-order valence-corrected chi connectivity index (χ4v) is 5.36. The molecule has 0 aromatic carbocycles. The lowest BCUT2D eigenvalue weighted by Crippen LogP contribution is -2.56. The van der Waals surface area contributed by atoms with E-state index in [0.717, 1.165) is 17.8 Å². The summed E-state index contributed by atoms with van der Waals surface area (Å²) >= 11 is 0. The Morgan fingerprint density at radius 1 is 1.05 bits per heavy atom. The summed E-state index contributed by atoms with van der Waals surface area (Å²) in [6, 6.07) is 0.222. The fraction of sp³-hybridized carbons (Fsp3) is 1.00. The molecule has 0 saturated heterocycles. The molecule has 2 atom stereocenters. The number of nitrogens with two attached hydrogens (primary N) is 1. The van der Waals surface area contributed by atoms with Crippen LogP contribution in [0.2, 0.25) is 0 Å². The van der Waals surface area contributed by atoms with E-state index >= 15 is 0 Å². The summed E-state index contributed by atoms with van der Waals surface area (Å²) in [7, 11) is 1.72. The fourth-order valence-electron chi connectivity index (χ4n) is 5.36. The van der Waals surface area contributed by atoms with E-state index in [4.69, 9.17) is 15.2 Å². The molecule has 4 aliphatic rings. The van der Waals surface area contributed by atoms with Gasteiger partial charge in [0, 0.05) is 13.2 Å². The van der Waals surface area contributed by atoms with E-state index in [-0.39, 0.29) is 12.1 Å². The predicted octanol–water partition coefficient (Wildman–Crippen LogP) is 2.58. The zero-order valence-electron chi connectivity index (χ0n) is 12.4. The van der Waals surface area contributed by atoms with Gasteiger partial charge in [0.05, 0.1) is 19.3 Å². The van der Waals surface area contributed by atoms with E-state index in [9.17, 15) is 0 Å². The highest BCUT2D eigenvalue weighted by Crippen LogP contribution is 2.60. The summed E-state index contributed by atoms with van der Waals surface area (Å²) in [6.07, 6.45) is 8.68. The molecular formula is C16H29NO2. The maximum atomic E-state index is 6.55. The van der Waals surface area contributed by atoms with Crippen molar-refractivity contribution >= 4 is 0 Å². The summed E-state index contributed by atoms with van der Waals surface area (Å²) < 4.78 is 11.0. The molecule has 4 fully saturated rings. The number of ether oxygens (including phenoxy) is 2. The van der Waals surface area contributed by atoms with Gasteiger partial charge in [-0.2, -0.15) is 0 Å². The molecule has 0 heterocycles. The largest absolute Gasteiger partial charge is 0.382 e. The third kappa shape index (κ3) is 2.70. The summed E-state index contributed by atoms with van der Waals surface area (Å²) in [5, 5.41) is 0. The quantitative estimate of drug-likeness (QED) is 0.804. The van der Waals surface area contributed by atoms with Crippen molar-refractivity contribution in [3.8, 4) is 0 Å². The summed E-state index contributed by atoms with van der Waals surface area (Å²) in [5.74, 6) is 2.90. The number of hydrogen-bond acceptors (Lipinski definition) is 3. The molecule has 0 radical (unpaired) electrons. The topological polar surface area (TPSA) is 44.5 Å². The first-order valence-electron chi connectivity index (χ1n) is 7.97. The number of hydrogen-bond donors (Lipinski definition) is 1. The highest BCUT2D eigenvalue weighted by molar-refractivity contribution is 5.05. The van der Waals surface area contributed by atoms with Gasteiger partial charge in [-0.3, -0.25) is 0 Å². The molecule has 0 aromatic heterocycles. The van der Waals surface area contributed by atoms with Crippen molar-refractivity contribution in [1.29, 1.82) is 0 Å². The Morgan fingerprint density at radius 3 is 2.05 bits per heavy atom. The van der Waals surface area contributed by atoms with Gasteiger partial charge < -0.3 is 15.2 Å². The second-order valence-corrected chi connectivity index (χ2v) is 7.49. The Balaban J connectivity index is 1.58. The van der Waals surface area contributed by atoms with Gasteiger partial charge in [-0.15, -0.1) is 0 Å². The van der Waals surface area contributed by atoms with Crippen molar-refractivity contribution < 1.29 is 9.47 Å². The van der Waals surface area contributed by atoms with Crippen LogP contribution in [0.4, 0.5) is 0 Å². The average Bonchev–Trinajstić information content (AvgIpc) is 2.34. The van der Waals surface area contributed by atoms with Crippen LogP contribution >= 0.6 is 0 Å². The molecule has 0 aliphatic heterocycles. The standard InChI is InChI=1S/C16H29NO2/c1-11(9-18-2)19-10-15(17)16-6-12-3-13(7-16)5-14(4-12)8-16/h11-15H,3-10,17H2,1-2H3. The monoisotopic (exact) mass is 267 g/mol. The SMILES string of the molecule is COCC(C)OCC(N)C12CC3CC(CC(C3)C1)C2. The lowest BCUT2D eigenvalue weighted by atomic mass is 9.48. The van der Waals surface area contributed by atoms with Crippen molar-refractivity contribution in [3.63, 3.8) is 0 Å². The number of rotatable bonds is 6. The highest BCUT2D eigenvalue weighted by atomic mass is 16.5. The van der Waals surface area contributed by atoms with Gasteiger partial charge in [0.2, 0.25) is 0 Å². The molecule has 4 bridgehead atoms. The molecule has 0 spiro atoms. The summed E-state index contributed by atoms with van der Waals surface area (Å²) in [5.41, 5.74) is 6.96. The van der Waals surface area contributed by atoms with Crippen LogP contribution in [0, 0.1) is 23.2 Å². The molecule has 3 nitrogen and oxygen atoms in total. The van der Waals surface area contributed by atoms with E-state index in [0.29, 0.717) is 18.6 Å². The molecule has 4 rings (SSSR count). The summed E-state index contributed by atoms with van der Waals surface area (Å²) in [6.45, 7) is 3.43. The first-order chi connectivity index (χ1) is 9.11. The number of methoxy groups -OCH3 is 1. The van der Waals surface area contributed by atoms with E-state index in [2.05, 4.69) is 6.92 Å². The third-order valence-electron chi connectivity index (χ3n) is 5.83. The molecular weight excluding hydrogens is 238 g/mol. The maximum Gasteiger partial charge on any atom is 0.0781 e. The first kappa shape index (κ1) is 13.8. The summed E-state index contributed by atoms with van der Waals surface area (Å²) in [4.78, 5) is 0. The normalized spacial score (nSPS) is 43.4. The average molecular weight is 267 g/mol. The molecule has 3 heteroatoms. The van der Waals surface area contributed by atoms with Crippen LogP contribution in [0.5, 0.6) is 0 Å². The Hall–Kier alpha value is -0.120. The smallest absolute Gasteiger partial charge is 0.0781 e. The van der Waals surface area contributed by atoms with Gasteiger partial charge in [-0.25, -0.2) is 0 Å². The molecule has 4 saturated carbocycles. The van der Waals surface area contributed by atoms with Crippen molar-refractivity contribution in [2.45, 2.75) is 57.6 Å². The van der Waals surface area contributed by atoms with Crippen LogP contribution in [-0.4, -0.2) is 32.5 Å². The maximum absolute atomic E-state index is 6.55. The molecule has 0 aromatic rings. The van der Waals surface area contributed by atoms with Crippen LogP contribution in [0.25, 0.3) is 0 Å². The Morgan fingerprint density at radius 2 is 1.58 bits per heavy atom. The zero-order valence-corrected chi connectivity index (χ0v) is 12.4. The van der Waals surface area contributed by atoms with Gasteiger partial charge in [0.15, 0.2) is 0 Å². The minimum absolute atomic E-state index is 0.157. The van der Waals surface area contributed by atoms with Crippen LogP contribution in [-0.2, 0) is 9.47 Å². The molecule has 19 heavy (non-hydrogen) atoms. The highest BCUT2D eigenvalue weighted by Gasteiger charge is 2.53. The van der Waals surface area contributed by atoms with Crippen LogP contribution < -0.4 is 5.73 Å². The van der Waals surface area contributed by atoms with E-state index in [1.165, 1.54) is 38.5 Å². The minimum Gasteiger partial charge on any atom is -0.382 e. The van der Waals surface area contributed by atoms with Gasteiger partial charge in [-0.1, -0.05) is 0 Å². The minimum atomic E-state index is 0.157. The molecule has 110 valence electrons. The Kier molecular flexibility index (Phi) is 3.89. The zero-order chi connectivity index (χ0) is 13.5. The van der Waals surface area contributed by atoms with Crippen molar-refractivity contribution in [1.82, 2.24) is 0 Å². The predicted molar refractivity (Wildman–Crippen MR) is 75.9 cm³/mol. The molecule has 4 aliphatic carbocycles. The second kappa shape index (κ2) is 5.34. The van der Waals surface area contributed by atoms with Crippen molar-refractivity contribution in [2.24, 2.45) is 28.9 Å². The van der Waals surface area contributed by atoms with Crippen molar-refractivity contribution in [3.05, 3.63) is 0 Å². The van der Waals surface area contributed by atoms with Crippen LogP contribution in [0.15, 0.2) is 0 Å². The van der Waals surface area contributed by atoms with Gasteiger partial charge in [0.25, 0.3) is 0 Å². The van der Waals surface area contributed by atoms with E-state index in [1.807, 2.05) is 0 Å². The van der Waals surface area contributed by atoms with E-state index < -0.39 is 0 Å². The van der Waals surface area contributed by atoms with E-state index in [1.54, 1.807) is 7.11 Å². The lowest BCUT2D eigenvalue weighted by Gasteiger charge is -2.58. The first-order valence-corrected chi connectivity index (χ1v) is 7.97. The Labute approximate surface area is 117 Å². The van der Waals surface area contributed by atoms with Gasteiger partial charge in [-0.05, 0) is 68.6 Å². The molecule has 2 N–H and O–H groups in total. The van der Waals surface area contributed by atoms with Gasteiger partial charge >= 0.3 is 0 Å². The van der Waals surface area contributed by atoms with Crippen molar-refractivity contribution in [2.75, 3.05) is 20.3 Å². The van der Waals surface area contributed by atoms with Gasteiger partial charge in [0.1, 0.15) is 0 Å². The molecule has 0 amide bonds. The second-order valence-electron chi connectivity index (χ2n) is 7.49. The van der Waals surface area contributed by atoms with Crippen LogP contribution in [0.3, 0.4) is 0 Å².